The van der Waals surface area contributed by atoms with Gasteiger partial charge >= 0.3 is 0 Å². The molecule has 1 aliphatic heterocycles. The number of aryl methyl sites for hydroxylation is 1. The quantitative estimate of drug-likeness (QED) is 0.730. The fourth-order valence-corrected chi connectivity index (χ4v) is 1.71. The van der Waals surface area contributed by atoms with Crippen molar-refractivity contribution in [1.29, 1.82) is 0 Å². The molecule has 1 aromatic carbocycles. The third-order valence-corrected chi connectivity index (χ3v) is 2.44. The smallest absolute Gasteiger partial charge is 0.243 e. The van der Waals surface area contributed by atoms with Crippen molar-refractivity contribution in [2.45, 2.75) is 26.3 Å². The highest BCUT2D eigenvalue weighted by atomic mass is 16.2. The first-order valence-electron chi connectivity index (χ1n) is 4.83. The molecule has 1 atom stereocenters. The number of hydrogen-bond acceptors (Lipinski definition) is 2. The van der Waals surface area contributed by atoms with Crippen LogP contribution in [-0.2, 0) is 4.79 Å². The molecule has 3 heteroatoms. The van der Waals surface area contributed by atoms with E-state index >= 15 is 0 Å². The van der Waals surface area contributed by atoms with E-state index in [2.05, 4.69) is 5.43 Å². The van der Waals surface area contributed by atoms with E-state index in [4.69, 9.17) is 0 Å². The summed E-state index contributed by atoms with van der Waals surface area (Å²) in [7, 11) is 0. The molecule has 14 heavy (non-hydrogen) atoms. The normalized spacial score (nSPS) is 21.7. The predicted octanol–water partition coefficient (Wildman–Crippen LogP) is 1.62. The van der Waals surface area contributed by atoms with Crippen molar-refractivity contribution in [3.05, 3.63) is 29.8 Å². The topological polar surface area (TPSA) is 32.3 Å². The summed E-state index contributed by atoms with van der Waals surface area (Å²) < 4.78 is 0. The van der Waals surface area contributed by atoms with E-state index in [1.54, 1.807) is 5.01 Å². The van der Waals surface area contributed by atoms with Crippen LogP contribution in [0.5, 0.6) is 0 Å². The molecule has 1 unspecified atom stereocenters. The Hall–Kier alpha value is -1.35. The Balaban J connectivity index is 2.32. The van der Waals surface area contributed by atoms with Crippen LogP contribution >= 0.6 is 0 Å². The van der Waals surface area contributed by atoms with Crippen molar-refractivity contribution in [1.82, 2.24) is 5.43 Å². The minimum atomic E-state index is 0.145. The Morgan fingerprint density at radius 2 is 2.14 bits per heavy atom. The Morgan fingerprint density at radius 3 is 2.71 bits per heavy atom. The molecule has 1 fully saturated rings. The number of rotatable bonds is 1. The second-order valence-corrected chi connectivity index (χ2v) is 3.75. The molecule has 0 spiro atoms. The van der Waals surface area contributed by atoms with Crippen LogP contribution in [0.2, 0.25) is 0 Å². The van der Waals surface area contributed by atoms with Crippen LogP contribution in [0.15, 0.2) is 24.3 Å². The molecule has 1 aromatic rings. The molecular formula is C11H14N2O. The van der Waals surface area contributed by atoms with E-state index < -0.39 is 0 Å². The second kappa shape index (κ2) is 3.42. The van der Waals surface area contributed by atoms with Gasteiger partial charge in [0.25, 0.3) is 0 Å². The van der Waals surface area contributed by atoms with E-state index in [0.717, 1.165) is 11.3 Å². The largest absolute Gasteiger partial charge is 0.273 e. The van der Waals surface area contributed by atoms with Gasteiger partial charge in [0, 0.05) is 12.5 Å². The molecule has 0 aromatic heterocycles. The molecular weight excluding hydrogens is 176 g/mol. The van der Waals surface area contributed by atoms with Gasteiger partial charge in [-0.25, -0.2) is 10.4 Å². The first-order chi connectivity index (χ1) is 6.68. The third-order valence-electron chi connectivity index (χ3n) is 2.44. The van der Waals surface area contributed by atoms with Crippen LogP contribution in [0.25, 0.3) is 0 Å². The summed E-state index contributed by atoms with van der Waals surface area (Å²) in [5.74, 6) is 0.145. The number of hydrazine groups is 1. The molecule has 0 radical (unpaired) electrons. The summed E-state index contributed by atoms with van der Waals surface area (Å²) in [4.78, 5) is 11.6. The fraction of sp³-hybridized carbons (Fsp3) is 0.364. The molecule has 0 bridgehead atoms. The standard InChI is InChI=1S/C11H14N2O/c1-8-5-3-4-6-10(8)13-11(14)7-9(2)12-13/h3-6,9,12H,7H2,1-2H3. The summed E-state index contributed by atoms with van der Waals surface area (Å²) in [6.07, 6.45) is 0.578. The number of benzene rings is 1. The molecule has 0 saturated carbocycles. The van der Waals surface area contributed by atoms with Crippen molar-refractivity contribution >= 4 is 11.6 Å². The lowest BCUT2D eigenvalue weighted by atomic mass is 10.2. The van der Waals surface area contributed by atoms with Crippen LogP contribution < -0.4 is 10.4 Å². The minimum Gasteiger partial charge on any atom is -0.273 e. The second-order valence-electron chi connectivity index (χ2n) is 3.75. The number of anilines is 1. The molecule has 1 aliphatic rings. The van der Waals surface area contributed by atoms with Gasteiger partial charge in [-0.3, -0.25) is 4.79 Å². The van der Waals surface area contributed by atoms with Gasteiger partial charge in [-0.1, -0.05) is 18.2 Å². The van der Waals surface area contributed by atoms with Crippen molar-refractivity contribution in [2.75, 3.05) is 5.01 Å². The fourth-order valence-electron chi connectivity index (χ4n) is 1.71. The number of nitrogens with zero attached hydrogens (tertiary/aromatic N) is 1. The predicted molar refractivity (Wildman–Crippen MR) is 55.9 cm³/mol. The van der Waals surface area contributed by atoms with E-state index in [1.807, 2.05) is 38.1 Å². The van der Waals surface area contributed by atoms with Gasteiger partial charge in [0.1, 0.15) is 0 Å². The maximum atomic E-state index is 11.6. The number of amides is 1. The summed E-state index contributed by atoms with van der Waals surface area (Å²) >= 11 is 0. The molecule has 2 rings (SSSR count). The SMILES string of the molecule is Cc1ccccc1N1NC(C)CC1=O. The Labute approximate surface area is 83.7 Å². The number of hydrogen-bond donors (Lipinski definition) is 1. The summed E-state index contributed by atoms with van der Waals surface area (Å²) in [6, 6.07) is 8.12. The van der Waals surface area contributed by atoms with Gasteiger partial charge in [0.2, 0.25) is 5.91 Å². The van der Waals surface area contributed by atoms with Crippen LogP contribution in [0.4, 0.5) is 5.69 Å². The number of carbonyl (C=O) groups excluding carboxylic acids is 1. The highest BCUT2D eigenvalue weighted by molar-refractivity contribution is 5.95. The lowest BCUT2D eigenvalue weighted by Gasteiger charge is -2.18. The molecule has 1 heterocycles. The van der Waals surface area contributed by atoms with Gasteiger partial charge in [0.15, 0.2) is 0 Å². The van der Waals surface area contributed by atoms with Gasteiger partial charge in [-0.05, 0) is 25.5 Å². The van der Waals surface area contributed by atoms with Crippen molar-refractivity contribution in [2.24, 2.45) is 0 Å². The van der Waals surface area contributed by atoms with Gasteiger partial charge in [0.05, 0.1) is 5.69 Å². The zero-order chi connectivity index (χ0) is 10.1. The van der Waals surface area contributed by atoms with E-state index in [0.29, 0.717) is 6.42 Å². The van der Waals surface area contributed by atoms with Crippen molar-refractivity contribution < 1.29 is 4.79 Å². The summed E-state index contributed by atoms with van der Waals surface area (Å²) in [6.45, 7) is 4.02. The average Bonchev–Trinajstić information content (AvgIpc) is 2.46. The van der Waals surface area contributed by atoms with E-state index in [-0.39, 0.29) is 11.9 Å². The van der Waals surface area contributed by atoms with Crippen LogP contribution in [0.1, 0.15) is 18.9 Å². The zero-order valence-corrected chi connectivity index (χ0v) is 8.45. The van der Waals surface area contributed by atoms with E-state index in [9.17, 15) is 4.79 Å². The van der Waals surface area contributed by atoms with Gasteiger partial charge in [-0.15, -0.1) is 0 Å². The number of nitrogens with one attached hydrogen (secondary N) is 1. The maximum Gasteiger partial charge on any atom is 0.243 e. The zero-order valence-electron chi connectivity index (χ0n) is 8.45. The molecule has 74 valence electrons. The molecule has 1 amide bonds. The highest BCUT2D eigenvalue weighted by Crippen LogP contribution is 2.22. The highest BCUT2D eigenvalue weighted by Gasteiger charge is 2.27. The monoisotopic (exact) mass is 190 g/mol. The molecule has 0 aliphatic carbocycles. The van der Waals surface area contributed by atoms with E-state index in [1.165, 1.54) is 0 Å². The number of carbonyl (C=O) groups is 1. The third kappa shape index (κ3) is 1.51. The van der Waals surface area contributed by atoms with Gasteiger partial charge in [-0.2, -0.15) is 0 Å². The lowest BCUT2D eigenvalue weighted by Crippen LogP contribution is -2.37. The Bertz CT molecular complexity index is 362. The van der Waals surface area contributed by atoms with Crippen LogP contribution in [0, 0.1) is 6.92 Å². The van der Waals surface area contributed by atoms with Crippen molar-refractivity contribution in [3.63, 3.8) is 0 Å². The van der Waals surface area contributed by atoms with Crippen LogP contribution in [0.3, 0.4) is 0 Å². The van der Waals surface area contributed by atoms with Gasteiger partial charge < -0.3 is 0 Å². The first-order valence-corrected chi connectivity index (χ1v) is 4.83. The Kier molecular flexibility index (Phi) is 2.25. The summed E-state index contributed by atoms with van der Waals surface area (Å²) in [5, 5.41) is 1.65. The average molecular weight is 190 g/mol. The maximum absolute atomic E-state index is 11.6. The summed E-state index contributed by atoms with van der Waals surface area (Å²) in [5.41, 5.74) is 5.22. The van der Waals surface area contributed by atoms with Crippen molar-refractivity contribution in [3.8, 4) is 0 Å². The first kappa shape index (κ1) is 9.21. The Morgan fingerprint density at radius 1 is 1.43 bits per heavy atom. The molecule has 3 nitrogen and oxygen atoms in total. The molecule has 1 N–H and O–H groups in total. The minimum absolute atomic E-state index is 0.145. The lowest BCUT2D eigenvalue weighted by molar-refractivity contribution is -0.117. The molecule has 1 saturated heterocycles. The van der Waals surface area contributed by atoms with Crippen LogP contribution in [-0.4, -0.2) is 11.9 Å². The number of para-hydroxylation sites is 1.